The molecule has 2 fully saturated rings. The van der Waals surface area contributed by atoms with E-state index >= 15 is 0 Å². The van der Waals surface area contributed by atoms with Crippen LogP contribution >= 0.6 is 0 Å². The van der Waals surface area contributed by atoms with E-state index in [0.717, 1.165) is 36.9 Å². The fourth-order valence-corrected chi connectivity index (χ4v) is 3.92. The Labute approximate surface area is 193 Å². The molecule has 0 saturated carbocycles. The second kappa shape index (κ2) is 10.0. The number of cyclic esters (lactones) is 1. The zero-order valence-electron chi connectivity index (χ0n) is 18.1. The summed E-state index contributed by atoms with van der Waals surface area (Å²) in [7, 11) is 0. The number of hydrogen-bond donors (Lipinski definition) is 2. The highest BCUT2D eigenvalue weighted by atomic mass is 19.3. The Morgan fingerprint density at radius 1 is 1.09 bits per heavy atom. The molecule has 0 aromatic heterocycles. The number of rotatable bonds is 7. The lowest BCUT2D eigenvalue weighted by Gasteiger charge is -2.15. The lowest BCUT2D eigenvalue weighted by atomic mass is 10.2. The molecule has 11 heteroatoms. The van der Waals surface area contributed by atoms with Gasteiger partial charge in [0.1, 0.15) is 11.9 Å². The molecule has 0 bridgehead atoms. The highest BCUT2D eigenvalue weighted by Crippen LogP contribution is 2.28. The number of halogens is 3. The van der Waals surface area contributed by atoms with Crippen molar-refractivity contribution in [2.24, 2.45) is 0 Å². The first-order valence-electron chi connectivity index (χ1n) is 10.8. The van der Waals surface area contributed by atoms with Crippen molar-refractivity contribution in [3.63, 3.8) is 0 Å². The molecule has 4 rings (SSSR count). The number of alkyl halides is 2. The molecule has 2 aliphatic rings. The minimum Gasteiger partial charge on any atom is -0.442 e. The fraction of sp³-hybridized carbons (Fsp3) is 0.348. The largest absolute Gasteiger partial charge is 0.442 e. The summed E-state index contributed by atoms with van der Waals surface area (Å²) in [6.45, 7) is 1.35. The molecule has 0 radical (unpaired) electrons. The first-order valence-corrected chi connectivity index (χ1v) is 10.8. The number of carbonyl (C=O) groups is 2. The van der Waals surface area contributed by atoms with Gasteiger partial charge in [0.25, 0.3) is 5.91 Å². The van der Waals surface area contributed by atoms with Gasteiger partial charge in [0, 0.05) is 18.8 Å². The van der Waals surface area contributed by atoms with Gasteiger partial charge in [-0.25, -0.2) is 9.18 Å². The summed E-state index contributed by atoms with van der Waals surface area (Å²) in [4.78, 5) is 38.7. The fourth-order valence-electron chi connectivity index (χ4n) is 3.92. The van der Waals surface area contributed by atoms with E-state index < -0.39 is 30.3 Å². The van der Waals surface area contributed by atoms with Crippen LogP contribution in [0.15, 0.2) is 47.3 Å². The molecular weight excluding hydrogens is 453 g/mol. The van der Waals surface area contributed by atoms with Crippen molar-refractivity contribution in [3.05, 3.63) is 58.5 Å². The quantitative estimate of drug-likeness (QED) is 0.638. The third-order valence-electron chi connectivity index (χ3n) is 5.65. The van der Waals surface area contributed by atoms with E-state index in [-0.39, 0.29) is 29.9 Å². The van der Waals surface area contributed by atoms with Crippen molar-refractivity contribution in [3.8, 4) is 0 Å². The van der Waals surface area contributed by atoms with Crippen molar-refractivity contribution in [1.29, 1.82) is 0 Å². The average molecular weight is 476 g/mol. The van der Waals surface area contributed by atoms with Gasteiger partial charge < -0.3 is 20.3 Å². The maximum Gasteiger partial charge on any atom is 0.414 e. The lowest BCUT2D eigenvalue weighted by molar-refractivity contribution is -0.132. The Kier molecular flexibility index (Phi) is 6.90. The zero-order chi connectivity index (χ0) is 24.2. The molecule has 1 atom stereocenters. The lowest BCUT2D eigenvalue weighted by Crippen LogP contribution is -2.37. The Balaban J connectivity index is 1.43. The maximum absolute atomic E-state index is 14.8. The third-order valence-corrected chi connectivity index (χ3v) is 5.65. The molecule has 8 nitrogen and oxygen atoms in total. The number of nitrogens with one attached hydrogen (secondary N) is 2. The topological polar surface area (TPSA) is 91.0 Å². The summed E-state index contributed by atoms with van der Waals surface area (Å²) in [5.74, 6) is -2.10. The molecule has 34 heavy (non-hydrogen) atoms. The van der Waals surface area contributed by atoms with Gasteiger partial charge >= 0.3 is 12.5 Å². The summed E-state index contributed by atoms with van der Waals surface area (Å²) in [5.41, 5.74) is 1.36. The van der Waals surface area contributed by atoms with E-state index in [0.29, 0.717) is 11.4 Å². The van der Waals surface area contributed by atoms with Gasteiger partial charge in [-0.05, 0) is 55.3 Å². The maximum atomic E-state index is 14.8. The predicted molar refractivity (Wildman–Crippen MR) is 120 cm³/mol. The summed E-state index contributed by atoms with van der Waals surface area (Å²) in [6, 6.07) is 10.5. The molecule has 2 amide bonds. The Morgan fingerprint density at radius 3 is 2.53 bits per heavy atom. The molecule has 2 aromatic rings. The van der Waals surface area contributed by atoms with Crippen LogP contribution in [-0.4, -0.2) is 50.7 Å². The van der Waals surface area contributed by atoms with Crippen molar-refractivity contribution >= 4 is 34.7 Å². The molecule has 2 aliphatic heterocycles. The number of ether oxygens (including phenoxy) is 1. The molecular formula is C23H23F3N4O4. The van der Waals surface area contributed by atoms with Crippen LogP contribution < -0.4 is 25.9 Å². The number of hydrogen-bond acceptors (Lipinski definition) is 6. The van der Waals surface area contributed by atoms with Gasteiger partial charge in [-0.1, -0.05) is 0 Å². The van der Waals surface area contributed by atoms with E-state index in [9.17, 15) is 27.6 Å². The second-order valence-electron chi connectivity index (χ2n) is 8.02. The van der Waals surface area contributed by atoms with Crippen LogP contribution in [0, 0.1) is 5.82 Å². The van der Waals surface area contributed by atoms with Crippen molar-refractivity contribution < 1.29 is 27.5 Å². The third kappa shape index (κ3) is 5.24. The van der Waals surface area contributed by atoms with Crippen LogP contribution in [0.4, 0.5) is 40.7 Å². The first-order chi connectivity index (χ1) is 16.3. The van der Waals surface area contributed by atoms with Crippen molar-refractivity contribution in [2.75, 3.05) is 41.3 Å². The predicted octanol–water partition coefficient (Wildman–Crippen LogP) is 3.24. The van der Waals surface area contributed by atoms with Gasteiger partial charge in [-0.15, -0.1) is 0 Å². The average Bonchev–Trinajstić information content (AvgIpc) is 3.42. The standard InChI is InChI=1S/C23H23F3N4O4/c24-17-11-15(30-13-16(34-23(30)33)12-27-22(32)21(25)26)5-6-18(17)28-14-3-7-19(20(31)8-4-14)29-9-1-2-10-29/h3-8,11,16,21,28H,1-2,9-10,12-13H2,(H,27,32)/t16-/m0/s1. The molecule has 0 spiro atoms. The molecule has 180 valence electrons. The minimum absolute atomic E-state index is 0.0331. The number of amides is 2. The van der Waals surface area contributed by atoms with Crippen LogP contribution in [0.25, 0.3) is 0 Å². The van der Waals surface area contributed by atoms with Crippen LogP contribution in [0.5, 0.6) is 0 Å². The minimum atomic E-state index is -3.17. The molecule has 2 saturated heterocycles. The van der Waals surface area contributed by atoms with Crippen LogP contribution in [0.2, 0.25) is 0 Å². The number of nitrogens with zero attached hydrogens (tertiary/aromatic N) is 2. The van der Waals surface area contributed by atoms with E-state index in [1.165, 1.54) is 18.2 Å². The van der Waals surface area contributed by atoms with Crippen LogP contribution in [0.3, 0.4) is 0 Å². The van der Waals surface area contributed by atoms with Gasteiger partial charge in [-0.2, -0.15) is 8.78 Å². The SMILES string of the molecule is O=C(NC[C@H]1CN(c2ccc(Nc3ccc(N4CCCC4)c(=O)cc3)c(F)c2)C(=O)O1)C(F)F. The van der Waals surface area contributed by atoms with Gasteiger partial charge in [0.05, 0.1) is 30.2 Å². The van der Waals surface area contributed by atoms with E-state index in [1.54, 1.807) is 18.2 Å². The summed E-state index contributed by atoms with van der Waals surface area (Å²) in [6.07, 6.45) is -2.70. The number of carbonyl (C=O) groups excluding carboxylic acids is 2. The van der Waals surface area contributed by atoms with Gasteiger partial charge in [0.15, 0.2) is 0 Å². The summed E-state index contributed by atoms with van der Waals surface area (Å²) < 4.78 is 44.4. The molecule has 2 aromatic carbocycles. The molecule has 0 unspecified atom stereocenters. The van der Waals surface area contributed by atoms with Crippen molar-refractivity contribution in [1.82, 2.24) is 5.32 Å². The summed E-state index contributed by atoms with van der Waals surface area (Å²) in [5, 5.41) is 4.92. The normalized spacial score (nSPS) is 17.8. The second-order valence-corrected chi connectivity index (χ2v) is 8.02. The summed E-state index contributed by atoms with van der Waals surface area (Å²) >= 11 is 0. The highest BCUT2D eigenvalue weighted by molar-refractivity contribution is 5.90. The smallest absolute Gasteiger partial charge is 0.414 e. The zero-order valence-corrected chi connectivity index (χ0v) is 18.1. The molecule has 2 N–H and O–H groups in total. The molecule has 0 aliphatic carbocycles. The molecule has 2 heterocycles. The van der Waals surface area contributed by atoms with Crippen LogP contribution in [-0.2, 0) is 9.53 Å². The van der Waals surface area contributed by atoms with E-state index in [1.807, 2.05) is 10.2 Å². The van der Waals surface area contributed by atoms with Crippen molar-refractivity contribution in [2.45, 2.75) is 25.4 Å². The Hall–Kier alpha value is -3.76. The number of anilines is 4. The Bertz CT molecular complexity index is 1140. The highest BCUT2D eigenvalue weighted by Gasteiger charge is 2.33. The number of benzene rings is 1. The van der Waals surface area contributed by atoms with Gasteiger partial charge in [-0.3, -0.25) is 14.5 Å². The van der Waals surface area contributed by atoms with Gasteiger partial charge in [0.2, 0.25) is 5.43 Å². The monoisotopic (exact) mass is 476 g/mol. The Morgan fingerprint density at radius 2 is 1.82 bits per heavy atom. The van der Waals surface area contributed by atoms with Crippen LogP contribution in [0.1, 0.15) is 12.8 Å². The van der Waals surface area contributed by atoms with E-state index in [2.05, 4.69) is 5.32 Å². The first kappa shape index (κ1) is 23.4. The van der Waals surface area contributed by atoms with E-state index in [4.69, 9.17) is 4.74 Å².